The summed E-state index contributed by atoms with van der Waals surface area (Å²) >= 11 is 0. The third kappa shape index (κ3) is 2.91. The fourth-order valence-corrected chi connectivity index (χ4v) is 2.29. The lowest BCUT2D eigenvalue weighted by atomic mass is 9.92. The average molecular weight is 288 g/mol. The molecule has 2 rings (SSSR count). The van der Waals surface area contributed by atoms with Crippen molar-refractivity contribution in [3.05, 3.63) is 47.8 Å². The van der Waals surface area contributed by atoms with E-state index in [2.05, 4.69) is 5.10 Å². The number of methoxy groups -OCH3 is 1. The molecule has 0 saturated carbocycles. The van der Waals surface area contributed by atoms with Crippen LogP contribution in [0.4, 0.5) is 0 Å². The number of carbonyl (C=O) groups is 1. The molecule has 1 N–H and O–H groups in total. The molecule has 0 amide bonds. The Labute approximate surface area is 124 Å². The van der Waals surface area contributed by atoms with Crippen LogP contribution in [-0.4, -0.2) is 28.0 Å². The summed E-state index contributed by atoms with van der Waals surface area (Å²) in [6.45, 7) is 3.69. The lowest BCUT2D eigenvalue weighted by molar-refractivity contribution is -0.147. The first kappa shape index (κ1) is 15.1. The second-order valence-corrected chi connectivity index (χ2v) is 5.21. The molecule has 1 aromatic carbocycles. The molecule has 21 heavy (non-hydrogen) atoms. The number of nitrogens with zero attached hydrogens (tertiary/aromatic N) is 2. The van der Waals surface area contributed by atoms with Crippen LogP contribution in [0.25, 0.3) is 0 Å². The van der Waals surface area contributed by atoms with Gasteiger partial charge in [-0.05, 0) is 30.5 Å². The monoisotopic (exact) mass is 288 g/mol. The Kier molecular flexibility index (Phi) is 4.31. The number of carboxylic acid groups (broad SMARTS) is 1. The van der Waals surface area contributed by atoms with Crippen molar-refractivity contribution in [3.8, 4) is 5.75 Å². The van der Waals surface area contributed by atoms with E-state index in [0.717, 1.165) is 17.5 Å². The highest BCUT2D eigenvalue weighted by molar-refractivity contribution is 5.76. The summed E-state index contributed by atoms with van der Waals surface area (Å²) in [6, 6.07) is 7.45. The molecule has 0 spiro atoms. The van der Waals surface area contributed by atoms with Gasteiger partial charge in [-0.1, -0.05) is 25.1 Å². The van der Waals surface area contributed by atoms with E-state index < -0.39 is 11.5 Å². The van der Waals surface area contributed by atoms with E-state index in [4.69, 9.17) is 4.74 Å². The van der Waals surface area contributed by atoms with Crippen LogP contribution in [0.1, 0.15) is 25.0 Å². The summed E-state index contributed by atoms with van der Waals surface area (Å²) < 4.78 is 6.84. The van der Waals surface area contributed by atoms with Gasteiger partial charge in [0.1, 0.15) is 5.75 Å². The van der Waals surface area contributed by atoms with Gasteiger partial charge < -0.3 is 9.84 Å². The molecule has 112 valence electrons. The number of carboxylic acids is 1. The zero-order valence-electron chi connectivity index (χ0n) is 12.5. The highest BCUT2D eigenvalue weighted by Gasteiger charge is 2.37. The lowest BCUT2D eigenvalue weighted by Gasteiger charge is -2.26. The topological polar surface area (TPSA) is 64.4 Å². The predicted octanol–water partition coefficient (Wildman–Crippen LogP) is 2.50. The number of aryl methyl sites for hydroxylation is 1. The van der Waals surface area contributed by atoms with Gasteiger partial charge >= 0.3 is 5.97 Å². The first-order valence-electron chi connectivity index (χ1n) is 6.90. The smallest absolute Gasteiger partial charge is 0.331 e. The SMILES string of the molecule is CCc1cnn(C(C)(Cc2ccccc2OC)C(=O)O)c1. The van der Waals surface area contributed by atoms with Crippen LogP contribution >= 0.6 is 0 Å². The van der Waals surface area contributed by atoms with E-state index in [1.165, 1.54) is 4.68 Å². The molecule has 2 aromatic rings. The van der Waals surface area contributed by atoms with E-state index in [9.17, 15) is 9.90 Å². The van der Waals surface area contributed by atoms with Crippen LogP contribution in [0.5, 0.6) is 5.75 Å². The Morgan fingerprint density at radius 2 is 2.14 bits per heavy atom. The van der Waals surface area contributed by atoms with Gasteiger partial charge in [-0.3, -0.25) is 4.68 Å². The number of aromatic nitrogens is 2. The molecule has 0 saturated heterocycles. The number of hydrogen-bond donors (Lipinski definition) is 1. The van der Waals surface area contributed by atoms with Crippen molar-refractivity contribution in [3.63, 3.8) is 0 Å². The van der Waals surface area contributed by atoms with Crippen molar-refractivity contribution >= 4 is 5.97 Å². The number of ether oxygens (including phenoxy) is 1. The molecular weight excluding hydrogens is 268 g/mol. The van der Waals surface area contributed by atoms with Gasteiger partial charge in [0, 0.05) is 12.6 Å². The molecule has 0 fully saturated rings. The van der Waals surface area contributed by atoms with E-state index in [-0.39, 0.29) is 0 Å². The molecule has 0 aliphatic heterocycles. The molecule has 5 nitrogen and oxygen atoms in total. The second kappa shape index (κ2) is 5.99. The Morgan fingerprint density at radius 1 is 1.43 bits per heavy atom. The molecule has 1 aromatic heterocycles. The lowest BCUT2D eigenvalue weighted by Crippen LogP contribution is -2.41. The summed E-state index contributed by atoms with van der Waals surface area (Å²) in [7, 11) is 1.58. The molecule has 5 heteroatoms. The van der Waals surface area contributed by atoms with Gasteiger partial charge in [-0.15, -0.1) is 0 Å². The first-order chi connectivity index (χ1) is 10.0. The van der Waals surface area contributed by atoms with Crippen LogP contribution in [-0.2, 0) is 23.2 Å². The van der Waals surface area contributed by atoms with Gasteiger partial charge in [-0.2, -0.15) is 5.10 Å². The van der Waals surface area contributed by atoms with E-state index in [1.54, 1.807) is 26.4 Å². The first-order valence-corrected chi connectivity index (χ1v) is 6.90. The van der Waals surface area contributed by atoms with Crippen LogP contribution < -0.4 is 4.74 Å². The molecule has 0 radical (unpaired) electrons. The number of hydrogen-bond acceptors (Lipinski definition) is 3. The van der Waals surface area contributed by atoms with Crippen molar-refractivity contribution < 1.29 is 14.6 Å². The third-order valence-corrected chi connectivity index (χ3v) is 3.74. The number of aliphatic carboxylic acids is 1. The predicted molar refractivity (Wildman–Crippen MR) is 79.6 cm³/mol. The number of para-hydroxylation sites is 1. The largest absolute Gasteiger partial charge is 0.496 e. The minimum Gasteiger partial charge on any atom is -0.496 e. The number of benzene rings is 1. The van der Waals surface area contributed by atoms with E-state index in [1.807, 2.05) is 31.2 Å². The Hall–Kier alpha value is -2.30. The van der Waals surface area contributed by atoms with Gasteiger partial charge in [-0.25, -0.2) is 4.79 Å². The molecule has 0 aliphatic rings. The molecular formula is C16H20N2O3. The molecule has 1 unspecified atom stereocenters. The Balaban J connectivity index is 2.41. The van der Waals surface area contributed by atoms with Crippen molar-refractivity contribution in [2.24, 2.45) is 0 Å². The summed E-state index contributed by atoms with van der Waals surface area (Å²) in [5, 5.41) is 13.9. The average Bonchev–Trinajstić information content (AvgIpc) is 2.97. The summed E-state index contributed by atoms with van der Waals surface area (Å²) in [4.78, 5) is 11.8. The molecule has 0 bridgehead atoms. The van der Waals surface area contributed by atoms with Gasteiger partial charge in [0.25, 0.3) is 0 Å². The van der Waals surface area contributed by atoms with Crippen molar-refractivity contribution in [1.29, 1.82) is 0 Å². The molecule has 1 atom stereocenters. The van der Waals surface area contributed by atoms with Crippen LogP contribution in [0, 0.1) is 0 Å². The quantitative estimate of drug-likeness (QED) is 0.887. The van der Waals surface area contributed by atoms with Crippen LogP contribution in [0.15, 0.2) is 36.7 Å². The standard InChI is InChI=1S/C16H20N2O3/c1-4-12-10-17-18(11-12)16(2,15(19)20)9-13-7-5-6-8-14(13)21-3/h5-8,10-11H,4,9H2,1-3H3,(H,19,20). The zero-order valence-corrected chi connectivity index (χ0v) is 12.5. The summed E-state index contributed by atoms with van der Waals surface area (Å²) in [6.07, 6.45) is 4.63. The summed E-state index contributed by atoms with van der Waals surface area (Å²) in [5.74, 6) is -0.230. The minimum atomic E-state index is -1.15. The molecule has 0 aliphatic carbocycles. The van der Waals surface area contributed by atoms with Gasteiger partial charge in [0.2, 0.25) is 0 Å². The highest BCUT2D eigenvalue weighted by Crippen LogP contribution is 2.27. The fraction of sp³-hybridized carbons (Fsp3) is 0.375. The Bertz CT molecular complexity index is 636. The van der Waals surface area contributed by atoms with Crippen molar-refractivity contribution in [1.82, 2.24) is 9.78 Å². The maximum atomic E-state index is 11.8. The van der Waals surface area contributed by atoms with Gasteiger partial charge in [0.05, 0.1) is 13.3 Å². The molecule has 1 heterocycles. The fourth-order valence-electron chi connectivity index (χ4n) is 2.29. The third-order valence-electron chi connectivity index (χ3n) is 3.74. The minimum absolute atomic E-state index is 0.303. The maximum Gasteiger partial charge on any atom is 0.331 e. The zero-order chi connectivity index (χ0) is 15.5. The van der Waals surface area contributed by atoms with Crippen molar-refractivity contribution in [2.45, 2.75) is 32.2 Å². The normalized spacial score (nSPS) is 13.7. The Morgan fingerprint density at radius 3 is 2.71 bits per heavy atom. The highest BCUT2D eigenvalue weighted by atomic mass is 16.5. The summed E-state index contributed by atoms with van der Waals surface area (Å²) in [5.41, 5.74) is 0.711. The van der Waals surface area contributed by atoms with Crippen LogP contribution in [0.2, 0.25) is 0 Å². The van der Waals surface area contributed by atoms with E-state index >= 15 is 0 Å². The number of rotatable bonds is 6. The maximum absolute atomic E-state index is 11.8. The van der Waals surface area contributed by atoms with E-state index in [0.29, 0.717) is 12.2 Å². The second-order valence-electron chi connectivity index (χ2n) is 5.21. The van der Waals surface area contributed by atoms with Crippen molar-refractivity contribution in [2.75, 3.05) is 7.11 Å². The van der Waals surface area contributed by atoms with Gasteiger partial charge in [0.15, 0.2) is 5.54 Å². The van der Waals surface area contributed by atoms with Crippen LogP contribution in [0.3, 0.4) is 0 Å².